The summed E-state index contributed by atoms with van der Waals surface area (Å²) in [5.41, 5.74) is 3.51. The Morgan fingerprint density at radius 2 is 1.96 bits per heavy atom. The number of hydrogen-bond acceptors (Lipinski definition) is 4. The zero-order valence-corrected chi connectivity index (χ0v) is 16.1. The van der Waals surface area contributed by atoms with Crippen molar-refractivity contribution in [2.24, 2.45) is 7.05 Å². The van der Waals surface area contributed by atoms with Gasteiger partial charge in [-0.25, -0.2) is 0 Å². The normalized spacial score (nSPS) is 10.9. The molecular formula is C19H20ClN3OS. The van der Waals surface area contributed by atoms with Gasteiger partial charge in [0.1, 0.15) is 12.4 Å². The molecule has 0 saturated carbocycles. The van der Waals surface area contributed by atoms with Crippen LogP contribution in [0.5, 0.6) is 5.75 Å². The van der Waals surface area contributed by atoms with E-state index in [2.05, 4.69) is 29.3 Å². The second kappa shape index (κ2) is 7.93. The first-order valence-electron chi connectivity index (χ1n) is 7.98. The lowest BCUT2D eigenvalue weighted by atomic mass is 10.1. The molecule has 0 aliphatic heterocycles. The highest BCUT2D eigenvalue weighted by molar-refractivity contribution is 7.98. The first kappa shape index (κ1) is 17.8. The molecule has 0 saturated heterocycles. The summed E-state index contributed by atoms with van der Waals surface area (Å²) in [6.07, 6.45) is 0. The van der Waals surface area contributed by atoms with Crippen LogP contribution in [-0.2, 0) is 19.4 Å². The van der Waals surface area contributed by atoms with Gasteiger partial charge in [-0.3, -0.25) is 0 Å². The number of aryl methyl sites for hydroxylation is 2. The maximum atomic E-state index is 6.02. The number of rotatable bonds is 6. The molecule has 0 unspecified atom stereocenters. The fourth-order valence-corrected chi connectivity index (χ4v) is 3.56. The van der Waals surface area contributed by atoms with Crippen LogP contribution < -0.4 is 4.74 Å². The second-order valence-electron chi connectivity index (χ2n) is 5.93. The Morgan fingerprint density at radius 3 is 2.72 bits per heavy atom. The van der Waals surface area contributed by atoms with E-state index in [1.54, 1.807) is 11.8 Å². The average Bonchev–Trinajstić information content (AvgIpc) is 2.92. The van der Waals surface area contributed by atoms with Gasteiger partial charge in [-0.1, -0.05) is 53.2 Å². The molecule has 0 bridgehead atoms. The highest BCUT2D eigenvalue weighted by Gasteiger charge is 2.11. The van der Waals surface area contributed by atoms with Gasteiger partial charge in [0.25, 0.3) is 0 Å². The molecule has 0 atom stereocenters. The number of aromatic nitrogens is 3. The van der Waals surface area contributed by atoms with Gasteiger partial charge in [0.05, 0.1) is 0 Å². The van der Waals surface area contributed by atoms with Crippen molar-refractivity contribution in [3.63, 3.8) is 0 Å². The van der Waals surface area contributed by atoms with E-state index in [1.807, 2.05) is 48.9 Å². The summed E-state index contributed by atoms with van der Waals surface area (Å²) in [6, 6.07) is 14.0. The molecule has 0 spiro atoms. The maximum Gasteiger partial charge on any atom is 0.191 e. The molecule has 3 rings (SSSR count). The molecular weight excluding hydrogens is 354 g/mol. The molecule has 1 heterocycles. The molecule has 130 valence electrons. The van der Waals surface area contributed by atoms with E-state index in [1.165, 1.54) is 5.56 Å². The predicted octanol–water partition coefficient (Wildman–Crippen LogP) is 4.96. The number of halogens is 1. The molecule has 0 N–H and O–H groups in total. The second-order valence-corrected chi connectivity index (χ2v) is 7.31. The molecule has 3 aromatic rings. The van der Waals surface area contributed by atoms with Crippen molar-refractivity contribution in [2.45, 2.75) is 31.4 Å². The Labute approximate surface area is 157 Å². The van der Waals surface area contributed by atoms with E-state index in [0.717, 1.165) is 38.6 Å². The number of hydrogen-bond donors (Lipinski definition) is 0. The Balaban J connectivity index is 1.62. The van der Waals surface area contributed by atoms with Crippen LogP contribution in [0.3, 0.4) is 0 Å². The molecule has 0 fully saturated rings. The fourth-order valence-electron chi connectivity index (χ4n) is 2.47. The van der Waals surface area contributed by atoms with E-state index < -0.39 is 0 Å². The summed E-state index contributed by atoms with van der Waals surface area (Å²) in [7, 11) is 1.96. The minimum atomic E-state index is 0.394. The van der Waals surface area contributed by atoms with Crippen LogP contribution in [0.15, 0.2) is 47.6 Å². The van der Waals surface area contributed by atoms with Gasteiger partial charge in [-0.15, -0.1) is 10.2 Å². The van der Waals surface area contributed by atoms with E-state index in [4.69, 9.17) is 16.3 Å². The van der Waals surface area contributed by atoms with Crippen LogP contribution in [0.2, 0.25) is 5.02 Å². The van der Waals surface area contributed by atoms with Gasteiger partial charge in [-0.2, -0.15) is 0 Å². The Morgan fingerprint density at radius 1 is 1.12 bits per heavy atom. The summed E-state index contributed by atoms with van der Waals surface area (Å²) < 4.78 is 7.87. The fraction of sp³-hybridized carbons (Fsp3) is 0.263. The molecule has 2 aromatic carbocycles. The average molecular weight is 374 g/mol. The van der Waals surface area contributed by atoms with Crippen molar-refractivity contribution in [3.05, 3.63) is 70.0 Å². The van der Waals surface area contributed by atoms with Crippen molar-refractivity contribution < 1.29 is 4.74 Å². The summed E-state index contributed by atoms with van der Waals surface area (Å²) in [6.45, 7) is 4.51. The quantitative estimate of drug-likeness (QED) is 0.573. The largest absolute Gasteiger partial charge is 0.485 e. The summed E-state index contributed by atoms with van der Waals surface area (Å²) >= 11 is 7.66. The van der Waals surface area contributed by atoms with E-state index in [-0.39, 0.29) is 0 Å². The van der Waals surface area contributed by atoms with Crippen molar-refractivity contribution in [2.75, 3.05) is 0 Å². The molecule has 25 heavy (non-hydrogen) atoms. The van der Waals surface area contributed by atoms with E-state index in [0.29, 0.717) is 6.61 Å². The third-order valence-corrected chi connectivity index (χ3v) is 5.20. The van der Waals surface area contributed by atoms with Crippen LogP contribution in [0.25, 0.3) is 0 Å². The molecule has 6 heteroatoms. The molecule has 0 radical (unpaired) electrons. The summed E-state index contributed by atoms with van der Waals surface area (Å²) in [5.74, 6) is 2.47. The minimum absolute atomic E-state index is 0.394. The van der Waals surface area contributed by atoms with Gasteiger partial charge in [0.15, 0.2) is 11.0 Å². The standard InChI is InChI=1S/C19H20ClN3OS/c1-13-7-8-17(14(2)9-13)24-11-18-21-22-19(23(18)3)25-12-15-5-4-6-16(20)10-15/h4-10H,11-12H2,1-3H3. The van der Waals surface area contributed by atoms with Crippen molar-refractivity contribution in [1.29, 1.82) is 0 Å². The van der Waals surface area contributed by atoms with Gasteiger partial charge < -0.3 is 9.30 Å². The van der Waals surface area contributed by atoms with Crippen molar-refractivity contribution in [1.82, 2.24) is 14.8 Å². The number of nitrogens with zero attached hydrogens (tertiary/aromatic N) is 3. The zero-order valence-electron chi connectivity index (χ0n) is 14.5. The maximum absolute atomic E-state index is 6.02. The summed E-state index contributed by atoms with van der Waals surface area (Å²) in [5, 5.41) is 10.1. The lowest BCUT2D eigenvalue weighted by Crippen LogP contribution is -2.05. The smallest absolute Gasteiger partial charge is 0.191 e. The van der Waals surface area contributed by atoms with E-state index >= 15 is 0 Å². The lowest BCUT2D eigenvalue weighted by Gasteiger charge is -2.09. The van der Waals surface area contributed by atoms with Crippen molar-refractivity contribution >= 4 is 23.4 Å². The van der Waals surface area contributed by atoms with Crippen LogP contribution in [0.4, 0.5) is 0 Å². The molecule has 0 aliphatic rings. The van der Waals surface area contributed by atoms with E-state index in [9.17, 15) is 0 Å². The molecule has 0 amide bonds. The molecule has 0 aliphatic carbocycles. The van der Waals surface area contributed by atoms with Gasteiger partial charge in [-0.05, 0) is 43.2 Å². The number of ether oxygens (including phenoxy) is 1. The number of thioether (sulfide) groups is 1. The third kappa shape index (κ3) is 4.55. The number of benzene rings is 2. The summed E-state index contributed by atoms with van der Waals surface area (Å²) in [4.78, 5) is 0. The Kier molecular flexibility index (Phi) is 5.66. The van der Waals surface area contributed by atoms with Gasteiger partial charge in [0, 0.05) is 17.8 Å². The van der Waals surface area contributed by atoms with Gasteiger partial charge >= 0.3 is 0 Å². The Hall–Kier alpha value is -1.98. The lowest BCUT2D eigenvalue weighted by molar-refractivity contribution is 0.288. The van der Waals surface area contributed by atoms with Gasteiger partial charge in [0.2, 0.25) is 0 Å². The highest BCUT2D eigenvalue weighted by Crippen LogP contribution is 2.24. The Bertz CT molecular complexity index is 879. The predicted molar refractivity (Wildman–Crippen MR) is 102 cm³/mol. The van der Waals surface area contributed by atoms with Crippen LogP contribution in [0.1, 0.15) is 22.5 Å². The zero-order chi connectivity index (χ0) is 17.8. The third-order valence-electron chi connectivity index (χ3n) is 3.87. The van der Waals surface area contributed by atoms with Crippen molar-refractivity contribution in [3.8, 4) is 5.75 Å². The van der Waals surface area contributed by atoms with Crippen LogP contribution in [-0.4, -0.2) is 14.8 Å². The highest BCUT2D eigenvalue weighted by atomic mass is 35.5. The SMILES string of the molecule is Cc1ccc(OCc2nnc(SCc3cccc(Cl)c3)n2C)c(C)c1. The molecule has 4 nitrogen and oxygen atoms in total. The van der Waals surface area contributed by atoms with Crippen LogP contribution in [0, 0.1) is 13.8 Å². The minimum Gasteiger partial charge on any atom is -0.485 e. The first-order chi connectivity index (χ1) is 12.0. The van der Waals surface area contributed by atoms with Crippen LogP contribution >= 0.6 is 23.4 Å². The monoisotopic (exact) mass is 373 g/mol. The molecule has 1 aromatic heterocycles. The first-order valence-corrected chi connectivity index (χ1v) is 9.35. The topological polar surface area (TPSA) is 39.9 Å².